The van der Waals surface area contributed by atoms with E-state index in [1.54, 1.807) is 25.3 Å². The number of imide groups is 1. The topological polar surface area (TPSA) is 134 Å². The maximum absolute atomic E-state index is 12.8. The number of amides is 5. The van der Waals surface area contributed by atoms with Gasteiger partial charge in [-0.3, -0.25) is 29.3 Å². The number of ether oxygens (including phenoxy) is 1. The van der Waals surface area contributed by atoms with Crippen LogP contribution < -0.4 is 16.0 Å². The molecule has 2 heterocycles. The zero-order chi connectivity index (χ0) is 22.4. The van der Waals surface area contributed by atoms with Crippen LogP contribution in [0, 0.1) is 0 Å². The van der Waals surface area contributed by atoms with Gasteiger partial charge in [0.1, 0.15) is 6.04 Å². The summed E-state index contributed by atoms with van der Waals surface area (Å²) in [6.45, 7) is 1.20. The summed E-state index contributed by atoms with van der Waals surface area (Å²) in [6.07, 6.45) is 1.20. The minimum absolute atomic E-state index is 0.00455. The predicted octanol–water partition coefficient (Wildman–Crippen LogP) is 0.319. The van der Waals surface area contributed by atoms with Gasteiger partial charge < -0.3 is 20.3 Å². The van der Waals surface area contributed by atoms with Gasteiger partial charge >= 0.3 is 0 Å². The molecule has 0 aliphatic carbocycles. The molecule has 5 amide bonds. The molecular weight excluding hydrogens is 404 g/mol. The van der Waals surface area contributed by atoms with Crippen molar-refractivity contribution in [2.24, 2.45) is 0 Å². The number of rotatable bonds is 9. The molecule has 3 N–H and O–H groups in total. The molecule has 1 atom stereocenters. The maximum atomic E-state index is 12.8. The number of nitrogens with zero attached hydrogens (tertiary/aromatic N) is 1. The number of fused-ring (bicyclic) bond motifs is 1. The van der Waals surface area contributed by atoms with E-state index in [0.29, 0.717) is 36.4 Å². The monoisotopic (exact) mass is 430 g/mol. The third-order valence-electron chi connectivity index (χ3n) is 5.28. The van der Waals surface area contributed by atoms with Gasteiger partial charge in [0.2, 0.25) is 23.6 Å². The SMILES string of the molecule is COCCCNC(=O)CCC(=O)Nc1cccc2c1CN(C1CCC(=O)NC1=O)C2=O. The Morgan fingerprint density at radius 1 is 1.19 bits per heavy atom. The van der Waals surface area contributed by atoms with Gasteiger partial charge in [0.25, 0.3) is 5.91 Å². The number of benzene rings is 1. The Kier molecular flexibility index (Phi) is 7.35. The first-order valence-corrected chi connectivity index (χ1v) is 10.2. The lowest BCUT2D eigenvalue weighted by molar-refractivity contribution is -0.137. The number of methoxy groups -OCH3 is 1. The maximum Gasteiger partial charge on any atom is 0.255 e. The normalized spacial score (nSPS) is 17.9. The van der Waals surface area contributed by atoms with Crippen molar-refractivity contribution >= 4 is 35.2 Å². The zero-order valence-electron chi connectivity index (χ0n) is 17.4. The minimum atomic E-state index is -0.719. The summed E-state index contributed by atoms with van der Waals surface area (Å²) in [7, 11) is 1.59. The van der Waals surface area contributed by atoms with Crippen LogP contribution in [0.1, 0.15) is 48.0 Å². The van der Waals surface area contributed by atoms with Gasteiger partial charge in [-0.1, -0.05) is 6.07 Å². The van der Waals surface area contributed by atoms with Crippen molar-refractivity contribution in [3.63, 3.8) is 0 Å². The molecule has 0 bridgehead atoms. The molecule has 1 aromatic carbocycles. The molecule has 1 fully saturated rings. The van der Waals surface area contributed by atoms with Crippen LogP contribution in [0.2, 0.25) is 0 Å². The molecule has 31 heavy (non-hydrogen) atoms. The van der Waals surface area contributed by atoms with E-state index in [1.807, 2.05) is 0 Å². The Morgan fingerprint density at radius 2 is 1.97 bits per heavy atom. The molecule has 10 heteroatoms. The van der Waals surface area contributed by atoms with Crippen LogP contribution in [-0.2, 0) is 30.5 Å². The van der Waals surface area contributed by atoms with Crippen molar-refractivity contribution < 1.29 is 28.7 Å². The molecule has 3 rings (SSSR count). The number of hydrogen-bond acceptors (Lipinski definition) is 6. The van der Waals surface area contributed by atoms with Gasteiger partial charge in [0.15, 0.2) is 0 Å². The lowest BCUT2D eigenvalue weighted by Crippen LogP contribution is -2.52. The summed E-state index contributed by atoms with van der Waals surface area (Å²) in [5.41, 5.74) is 1.51. The summed E-state index contributed by atoms with van der Waals surface area (Å²) >= 11 is 0. The molecule has 166 valence electrons. The highest BCUT2D eigenvalue weighted by atomic mass is 16.5. The third-order valence-corrected chi connectivity index (χ3v) is 5.28. The van der Waals surface area contributed by atoms with Crippen LogP contribution in [0.3, 0.4) is 0 Å². The molecule has 0 spiro atoms. The van der Waals surface area contributed by atoms with Gasteiger partial charge in [0, 0.05) is 62.9 Å². The fourth-order valence-electron chi connectivity index (χ4n) is 3.68. The number of carbonyl (C=O) groups is 5. The fourth-order valence-corrected chi connectivity index (χ4v) is 3.68. The van der Waals surface area contributed by atoms with Gasteiger partial charge in [0.05, 0.1) is 0 Å². The Morgan fingerprint density at radius 3 is 2.71 bits per heavy atom. The van der Waals surface area contributed by atoms with E-state index in [-0.39, 0.29) is 55.9 Å². The predicted molar refractivity (Wildman–Crippen MR) is 110 cm³/mol. The van der Waals surface area contributed by atoms with Gasteiger partial charge in [-0.05, 0) is 25.0 Å². The highest BCUT2D eigenvalue weighted by Crippen LogP contribution is 2.32. The molecule has 1 aromatic rings. The van der Waals surface area contributed by atoms with E-state index in [2.05, 4.69) is 16.0 Å². The Hall–Kier alpha value is -3.27. The van der Waals surface area contributed by atoms with E-state index >= 15 is 0 Å². The van der Waals surface area contributed by atoms with Crippen molar-refractivity contribution in [1.82, 2.24) is 15.5 Å². The van der Waals surface area contributed by atoms with E-state index in [0.717, 1.165) is 0 Å². The Balaban J connectivity index is 1.58. The van der Waals surface area contributed by atoms with E-state index in [4.69, 9.17) is 4.74 Å². The lowest BCUT2D eigenvalue weighted by Gasteiger charge is -2.29. The first-order valence-electron chi connectivity index (χ1n) is 10.2. The summed E-state index contributed by atoms with van der Waals surface area (Å²) in [5.74, 6) is -1.70. The molecule has 0 radical (unpaired) electrons. The van der Waals surface area contributed by atoms with Crippen LogP contribution in [0.4, 0.5) is 5.69 Å². The summed E-state index contributed by atoms with van der Waals surface area (Å²) in [4.78, 5) is 62.0. The highest BCUT2D eigenvalue weighted by molar-refractivity contribution is 6.06. The van der Waals surface area contributed by atoms with E-state index in [1.165, 1.54) is 4.90 Å². The number of hydrogen-bond donors (Lipinski definition) is 3. The average molecular weight is 430 g/mol. The number of carbonyl (C=O) groups excluding carboxylic acids is 5. The average Bonchev–Trinajstić information content (AvgIpc) is 3.07. The first kappa shape index (κ1) is 22.4. The minimum Gasteiger partial charge on any atom is -0.385 e. The second kappa shape index (κ2) is 10.2. The van der Waals surface area contributed by atoms with E-state index in [9.17, 15) is 24.0 Å². The summed E-state index contributed by atoms with van der Waals surface area (Å²) < 4.78 is 4.91. The first-order chi connectivity index (χ1) is 14.9. The van der Waals surface area contributed by atoms with Crippen LogP contribution in [0.15, 0.2) is 18.2 Å². The number of piperidine rings is 1. The van der Waals surface area contributed by atoms with Gasteiger partial charge in [-0.25, -0.2) is 0 Å². The second-order valence-electron chi connectivity index (χ2n) is 7.48. The molecule has 0 aromatic heterocycles. The van der Waals surface area contributed by atoms with Crippen LogP contribution >= 0.6 is 0 Å². The molecule has 1 unspecified atom stereocenters. The molecule has 10 nitrogen and oxygen atoms in total. The Labute approximate surface area is 179 Å². The molecule has 2 aliphatic rings. The largest absolute Gasteiger partial charge is 0.385 e. The standard InChI is InChI=1S/C21H26N4O6/c1-31-11-3-10-22-17(26)8-9-18(27)23-15-5-2-4-13-14(15)12-25(21(13)30)16-6-7-19(28)24-20(16)29/h2,4-5,16H,3,6-12H2,1H3,(H,22,26)(H,23,27)(H,24,28,29). The smallest absolute Gasteiger partial charge is 0.255 e. The van der Waals surface area contributed by atoms with Crippen molar-refractivity contribution in [3.8, 4) is 0 Å². The number of nitrogens with one attached hydrogen (secondary N) is 3. The van der Waals surface area contributed by atoms with Crippen molar-refractivity contribution in [2.45, 2.75) is 44.7 Å². The molecule has 0 saturated carbocycles. The quantitative estimate of drug-likeness (QED) is 0.382. The van der Waals surface area contributed by atoms with Crippen molar-refractivity contribution in [1.29, 1.82) is 0 Å². The number of anilines is 1. The molecule has 1 saturated heterocycles. The van der Waals surface area contributed by atoms with Crippen molar-refractivity contribution in [2.75, 3.05) is 25.6 Å². The van der Waals surface area contributed by atoms with Gasteiger partial charge in [-0.15, -0.1) is 0 Å². The summed E-state index contributed by atoms with van der Waals surface area (Å²) in [6, 6.07) is 4.26. The van der Waals surface area contributed by atoms with Crippen LogP contribution in [0.25, 0.3) is 0 Å². The Bertz CT molecular complexity index is 900. The molecule has 2 aliphatic heterocycles. The third kappa shape index (κ3) is 5.46. The molecular formula is C21H26N4O6. The second-order valence-corrected chi connectivity index (χ2v) is 7.48. The zero-order valence-corrected chi connectivity index (χ0v) is 17.4. The van der Waals surface area contributed by atoms with Gasteiger partial charge in [-0.2, -0.15) is 0 Å². The lowest BCUT2D eigenvalue weighted by atomic mass is 10.0. The highest BCUT2D eigenvalue weighted by Gasteiger charge is 2.39. The van der Waals surface area contributed by atoms with Crippen LogP contribution in [0.5, 0.6) is 0 Å². The van der Waals surface area contributed by atoms with Crippen molar-refractivity contribution in [3.05, 3.63) is 29.3 Å². The summed E-state index contributed by atoms with van der Waals surface area (Å²) in [5, 5.41) is 7.75. The van der Waals surface area contributed by atoms with E-state index < -0.39 is 11.9 Å². The van der Waals surface area contributed by atoms with Crippen LogP contribution in [-0.4, -0.2) is 60.7 Å². The fraction of sp³-hybridized carbons (Fsp3) is 0.476.